The van der Waals surface area contributed by atoms with E-state index in [1.54, 1.807) is 48.5 Å². The largest absolute Gasteiger partial charge is 0.307 e. The second-order valence-corrected chi connectivity index (χ2v) is 14.3. The van der Waals surface area contributed by atoms with Crippen LogP contribution in [0.2, 0.25) is 0 Å². The maximum Gasteiger partial charge on any atom is 0.264 e. The Bertz CT molecular complexity index is 1480. The lowest BCUT2D eigenvalue weighted by molar-refractivity contribution is -0.124. The minimum Gasteiger partial charge on any atom is -0.307 e. The van der Waals surface area contributed by atoms with Crippen LogP contribution in [0.5, 0.6) is 0 Å². The van der Waals surface area contributed by atoms with Gasteiger partial charge >= 0.3 is 0 Å². The first-order chi connectivity index (χ1) is 18.8. The molecular weight excluding hydrogens is 692 g/mol. The van der Waals surface area contributed by atoms with Crippen LogP contribution in [-0.2, 0) is 29.8 Å². The van der Waals surface area contributed by atoms with Gasteiger partial charge in [0.15, 0.2) is 0 Å². The minimum atomic E-state index is -4.15. The topological polar surface area (TPSA) is 149 Å². The Morgan fingerprint density at radius 1 is 0.575 bits per heavy atom. The molecule has 2 amide bonds. The summed E-state index contributed by atoms with van der Waals surface area (Å²) in [5, 5.41) is 0. The normalized spacial score (nSPS) is 16.0. The highest BCUT2D eigenvalue weighted by Crippen LogP contribution is 2.46. The summed E-state index contributed by atoms with van der Waals surface area (Å²) < 4.78 is 64.5. The Balaban J connectivity index is 1.79. The van der Waals surface area contributed by atoms with Crippen LogP contribution in [0.4, 0.5) is 0 Å². The van der Waals surface area contributed by atoms with E-state index in [1.165, 1.54) is 9.80 Å². The molecule has 0 fully saturated rings. The van der Waals surface area contributed by atoms with Crippen LogP contribution >= 0.6 is 31.9 Å². The van der Waals surface area contributed by atoms with E-state index in [0.29, 0.717) is 22.5 Å². The number of halogens is 2. The third-order valence-electron chi connectivity index (χ3n) is 6.48. The van der Waals surface area contributed by atoms with E-state index in [4.69, 9.17) is 9.11 Å². The molecule has 2 N–H and O–H groups in total. The van der Waals surface area contributed by atoms with Crippen molar-refractivity contribution in [1.29, 1.82) is 0 Å². The van der Waals surface area contributed by atoms with Crippen molar-refractivity contribution in [3.63, 3.8) is 0 Å². The number of rotatable bonds is 12. The van der Waals surface area contributed by atoms with Crippen LogP contribution in [0.3, 0.4) is 0 Å². The predicted molar refractivity (Wildman–Crippen MR) is 157 cm³/mol. The molecule has 2 aromatic carbocycles. The van der Waals surface area contributed by atoms with Gasteiger partial charge in [-0.05, 0) is 61.1 Å². The highest BCUT2D eigenvalue weighted by atomic mass is 79.9. The fraction of sp³-hybridized carbons (Fsp3) is 0.308. The predicted octanol–water partition coefficient (Wildman–Crippen LogP) is 4.35. The first kappa shape index (κ1) is 30.6. The first-order valence-electron chi connectivity index (χ1n) is 12.3. The number of hydrogen-bond acceptors (Lipinski definition) is 6. The van der Waals surface area contributed by atoms with Crippen molar-refractivity contribution < 1.29 is 35.5 Å². The van der Waals surface area contributed by atoms with Crippen molar-refractivity contribution in [3.8, 4) is 0 Å². The molecule has 0 aromatic heterocycles. The Labute approximate surface area is 249 Å². The zero-order valence-electron chi connectivity index (χ0n) is 21.1. The molecule has 0 spiro atoms. The number of nitrogens with zero attached hydrogens (tertiary/aromatic N) is 2. The van der Waals surface area contributed by atoms with E-state index in [1.807, 2.05) is 0 Å². The zero-order chi connectivity index (χ0) is 29.2. The number of fused-ring (bicyclic) bond motifs is 1. The average Bonchev–Trinajstić information content (AvgIpc) is 3.31. The van der Waals surface area contributed by atoms with E-state index in [2.05, 4.69) is 31.9 Å². The second kappa shape index (κ2) is 12.2. The number of amides is 2. The smallest absolute Gasteiger partial charge is 0.264 e. The molecule has 14 heteroatoms. The molecule has 214 valence electrons. The third kappa shape index (κ3) is 7.09. The molecule has 0 unspecified atom stereocenters. The molecule has 0 bridgehead atoms. The van der Waals surface area contributed by atoms with Gasteiger partial charge < -0.3 is 9.80 Å². The summed E-state index contributed by atoms with van der Waals surface area (Å²) in [6.07, 6.45) is 0.788. The molecule has 0 aliphatic carbocycles. The lowest BCUT2D eigenvalue weighted by Gasteiger charge is -2.25. The Hall–Kier alpha value is -2.36. The molecule has 2 aromatic rings. The number of unbranched alkanes of at least 4 members (excludes halogenated alkanes) is 2. The minimum absolute atomic E-state index is 0.123. The van der Waals surface area contributed by atoms with Gasteiger partial charge in [-0.2, -0.15) is 16.8 Å². The van der Waals surface area contributed by atoms with E-state index in [9.17, 15) is 26.4 Å². The first-order valence-corrected chi connectivity index (χ1v) is 17.1. The molecular formula is C26H26Br2N2O8S2. The molecule has 0 saturated heterocycles. The van der Waals surface area contributed by atoms with Crippen LogP contribution in [0.1, 0.15) is 36.8 Å². The number of carbonyl (C=O) groups is 2. The summed E-state index contributed by atoms with van der Waals surface area (Å²) in [4.78, 5) is 30.9. The molecule has 10 nitrogen and oxygen atoms in total. The highest BCUT2D eigenvalue weighted by Gasteiger charge is 2.48. The van der Waals surface area contributed by atoms with Crippen molar-refractivity contribution in [2.45, 2.75) is 25.7 Å². The fourth-order valence-electron chi connectivity index (χ4n) is 4.75. The van der Waals surface area contributed by atoms with Gasteiger partial charge in [0.25, 0.3) is 32.1 Å². The van der Waals surface area contributed by atoms with Crippen molar-refractivity contribution >= 4 is 75.3 Å². The summed E-state index contributed by atoms with van der Waals surface area (Å²) >= 11 is 6.80. The van der Waals surface area contributed by atoms with E-state index < -0.39 is 43.6 Å². The van der Waals surface area contributed by atoms with Crippen LogP contribution in [0.15, 0.2) is 68.6 Å². The van der Waals surface area contributed by atoms with Crippen molar-refractivity contribution in [2.24, 2.45) is 0 Å². The molecule has 2 heterocycles. The second-order valence-electron chi connectivity index (χ2n) is 9.36. The van der Waals surface area contributed by atoms with E-state index in [0.717, 1.165) is 8.95 Å². The lowest BCUT2D eigenvalue weighted by Crippen LogP contribution is -2.31. The van der Waals surface area contributed by atoms with Gasteiger partial charge in [-0.25, -0.2) is 0 Å². The summed E-state index contributed by atoms with van der Waals surface area (Å²) in [6.45, 7) is 0.254. The summed E-state index contributed by atoms with van der Waals surface area (Å²) in [5.41, 5.74) is 2.48. The lowest BCUT2D eigenvalue weighted by atomic mass is 10.0. The van der Waals surface area contributed by atoms with Crippen LogP contribution in [0, 0.1) is 0 Å². The monoisotopic (exact) mass is 716 g/mol. The molecule has 0 atom stereocenters. The number of benzene rings is 2. The Morgan fingerprint density at radius 3 is 1.20 bits per heavy atom. The Morgan fingerprint density at radius 2 is 0.900 bits per heavy atom. The van der Waals surface area contributed by atoms with Crippen LogP contribution in [-0.4, -0.2) is 72.2 Å². The number of hydrogen-bond donors (Lipinski definition) is 2. The highest BCUT2D eigenvalue weighted by molar-refractivity contribution is 9.10. The van der Waals surface area contributed by atoms with Gasteiger partial charge in [0.2, 0.25) is 0 Å². The van der Waals surface area contributed by atoms with Gasteiger partial charge in [-0.15, -0.1) is 0 Å². The molecule has 40 heavy (non-hydrogen) atoms. The quantitative estimate of drug-likeness (QED) is 0.243. The molecule has 4 rings (SSSR count). The number of carbonyl (C=O) groups excluding carboxylic acids is 2. The van der Waals surface area contributed by atoms with Gasteiger partial charge in [-0.1, -0.05) is 56.1 Å². The van der Waals surface area contributed by atoms with Gasteiger partial charge in [0, 0.05) is 22.0 Å². The molecule has 2 aliphatic heterocycles. The zero-order valence-corrected chi connectivity index (χ0v) is 25.9. The van der Waals surface area contributed by atoms with Gasteiger partial charge in [0.05, 0.1) is 34.0 Å². The van der Waals surface area contributed by atoms with Gasteiger partial charge in [0.1, 0.15) is 0 Å². The SMILES string of the molecule is O=C1C2=C(c3ccc(Br)cc3)N(CCCCS(=O)(=O)O)C(=O)C2=C(c2ccc(Br)cc2)N1CCCCS(=O)(=O)O. The van der Waals surface area contributed by atoms with Crippen molar-refractivity contribution in [2.75, 3.05) is 24.6 Å². The van der Waals surface area contributed by atoms with Crippen LogP contribution < -0.4 is 0 Å². The summed E-state index contributed by atoms with van der Waals surface area (Å²) in [5.74, 6) is -1.71. The van der Waals surface area contributed by atoms with Crippen molar-refractivity contribution in [3.05, 3.63) is 79.7 Å². The Kier molecular flexibility index (Phi) is 9.37. The fourth-order valence-corrected chi connectivity index (χ4v) is 6.41. The summed E-state index contributed by atoms with van der Waals surface area (Å²) in [7, 11) is -8.30. The molecule has 2 aliphatic rings. The molecule has 0 saturated carbocycles. The third-order valence-corrected chi connectivity index (χ3v) is 9.15. The maximum absolute atomic E-state index is 14.0. The van der Waals surface area contributed by atoms with Gasteiger partial charge in [-0.3, -0.25) is 18.7 Å². The van der Waals surface area contributed by atoms with Crippen molar-refractivity contribution in [1.82, 2.24) is 9.80 Å². The standard InChI is InChI=1S/C26H26Br2N2O8S2/c27-19-9-5-17(6-10-19)23-21-22(25(31)29(23)13-1-3-15-39(33,34)35)24(18-7-11-20(28)12-8-18)30(26(21)32)14-2-4-16-40(36,37)38/h5-12H,1-4,13-16H2,(H,33,34,35)(H,36,37,38). The van der Waals surface area contributed by atoms with Crippen LogP contribution in [0.25, 0.3) is 11.4 Å². The average molecular weight is 718 g/mol. The molecule has 0 radical (unpaired) electrons. The summed E-state index contributed by atoms with van der Waals surface area (Å²) in [6, 6.07) is 14.2. The van der Waals surface area contributed by atoms with E-state index >= 15 is 0 Å². The maximum atomic E-state index is 14.0. The van der Waals surface area contributed by atoms with E-state index in [-0.39, 0.29) is 49.9 Å².